The summed E-state index contributed by atoms with van der Waals surface area (Å²) in [5, 5.41) is 6.14. The van der Waals surface area contributed by atoms with Crippen molar-refractivity contribution in [3.8, 4) is 0 Å². The van der Waals surface area contributed by atoms with Crippen LogP contribution in [0.15, 0.2) is 36.7 Å². The van der Waals surface area contributed by atoms with E-state index in [1.54, 1.807) is 0 Å². The second-order valence-corrected chi connectivity index (χ2v) is 5.78. The summed E-state index contributed by atoms with van der Waals surface area (Å²) in [5.41, 5.74) is 1.41. The predicted molar refractivity (Wildman–Crippen MR) is 80.0 cm³/mol. The van der Waals surface area contributed by atoms with Gasteiger partial charge in [0.15, 0.2) is 0 Å². The topological polar surface area (TPSA) is 24.9 Å². The molecule has 1 aliphatic carbocycles. The first-order chi connectivity index (χ1) is 9.31. The molecule has 1 aliphatic rings. The number of benzene rings is 1. The van der Waals surface area contributed by atoms with Crippen molar-refractivity contribution in [2.75, 3.05) is 7.05 Å². The lowest BCUT2D eigenvalue weighted by atomic mass is 9.84. The molecular formula is C17H22N2. The van der Waals surface area contributed by atoms with Gasteiger partial charge in [-0.25, -0.2) is 0 Å². The van der Waals surface area contributed by atoms with Crippen LogP contribution in [-0.4, -0.2) is 12.0 Å². The van der Waals surface area contributed by atoms with Gasteiger partial charge >= 0.3 is 0 Å². The Hall–Kier alpha value is -1.41. The van der Waals surface area contributed by atoms with Crippen LogP contribution in [0.5, 0.6) is 0 Å². The minimum atomic E-state index is 0.449. The lowest BCUT2D eigenvalue weighted by molar-refractivity contribution is 0.317. The Kier molecular flexibility index (Phi) is 3.52. The van der Waals surface area contributed by atoms with Crippen molar-refractivity contribution < 1.29 is 0 Å². The third-order valence-electron chi connectivity index (χ3n) is 4.72. The molecule has 0 radical (unpaired) electrons. The fourth-order valence-corrected chi connectivity index (χ4v) is 3.68. The number of fused-ring (bicyclic) bond motifs is 1. The summed E-state index contributed by atoms with van der Waals surface area (Å²) in [4.78, 5) is 4.31. The smallest absolute Gasteiger partial charge is 0.0355 e. The largest absolute Gasteiger partial charge is 0.313 e. The van der Waals surface area contributed by atoms with Gasteiger partial charge in [-0.05, 0) is 42.3 Å². The van der Waals surface area contributed by atoms with Gasteiger partial charge in [-0.15, -0.1) is 0 Å². The van der Waals surface area contributed by atoms with Gasteiger partial charge in [0.2, 0.25) is 0 Å². The molecule has 100 valence electrons. The molecule has 3 rings (SSSR count). The van der Waals surface area contributed by atoms with E-state index in [1.807, 2.05) is 12.4 Å². The molecule has 1 aromatic heterocycles. The highest BCUT2D eigenvalue weighted by Crippen LogP contribution is 2.41. The van der Waals surface area contributed by atoms with Gasteiger partial charge in [-0.2, -0.15) is 0 Å². The SMILES string of the molecule is CNC(c1cccc2ccncc12)C1CCCC1C. The molecule has 1 saturated carbocycles. The zero-order valence-electron chi connectivity index (χ0n) is 11.8. The van der Waals surface area contributed by atoms with Crippen LogP contribution >= 0.6 is 0 Å². The van der Waals surface area contributed by atoms with Gasteiger partial charge in [-0.1, -0.05) is 38.0 Å². The molecule has 1 aromatic carbocycles. The van der Waals surface area contributed by atoms with Crippen LogP contribution in [0.2, 0.25) is 0 Å². The molecular weight excluding hydrogens is 232 g/mol. The predicted octanol–water partition coefficient (Wildman–Crippen LogP) is 3.93. The lowest BCUT2D eigenvalue weighted by Crippen LogP contribution is -2.27. The van der Waals surface area contributed by atoms with E-state index >= 15 is 0 Å². The fraction of sp³-hybridized carbons (Fsp3) is 0.471. The first-order valence-electron chi connectivity index (χ1n) is 7.31. The van der Waals surface area contributed by atoms with E-state index in [0.29, 0.717) is 6.04 Å². The number of nitrogens with one attached hydrogen (secondary N) is 1. The number of aromatic nitrogens is 1. The van der Waals surface area contributed by atoms with E-state index in [0.717, 1.165) is 11.8 Å². The Balaban J connectivity index is 2.06. The van der Waals surface area contributed by atoms with Crippen molar-refractivity contribution >= 4 is 10.8 Å². The molecule has 1 heterocycles. The first kappa shape index (κ1) is 12.6. The Labute approximate surface area is 115 Å². The molecule has 2 nitrogen and oxygen atoms in total. The van der Waals surface area contributed by atoms with Gasteiger partial charge in [0.1, 0.15) is 0 Å². The Bertz CT molecular complexity index is 559. The molecule has 0 spiro atoms. The van der Waals surface area contributed by atoms with Crippen LogP contribution < -0.4 is 5.32 Å². The van der Waals surface area contributed by atoms with Crippen LogP contribution in [0.25, 0.3) is 10.8 Å². The second kappa shape index (κ2) is 5.30. The molecule has 1 fully saturated rings. The first-order valence-corrected chi connectivity index (χ1v) is 7.31. The molecule has 2 aromatic rings. The van der Waals surface area contributed by atoms with Crippen molar-refractivity contribution in [3.05, 3.63) is 42.2 Å². The molecule has 3 atom stereocenters. The van der Waals surface area contributed by atoms with E-state index in [4.69, 9.17) is 0 Å². The number of nitrogens with zero attached hydrogens (tertiary/aromatic N) is 1. The van der Waals surface area contributed by atoms with E-state index < -0.39 is 0 Å². The highest BCUT2D eigenvalue weighted by Gasteiger charge is 2.31. The summed E-state index contributed by atoms with van der Waals surface area (Å²) < 4.78 is 0. The highest BCUT2D eigenvalue weighted by atomic mass is 14.9. The number of rotatable bonds is 3. The summed E-state index contributed by atoms with van der Waals surface area (Å²) in [6, 6.07) is 9.15. The Morgan fingerprint density at radius 1 is 1.26 bits per heavy atom. The maximum Gasteiger partial charge on any atom is 0.0355 e. The van der Waals surface area contributed by atoms with Crippen LogP contribution in [0.3, 0.4) is 0 Å². The van der Waals surface area contributed by atoms with E-state index in [-0.39, 0.29) is 0 Å². The van der Waals surface area contributed by atoms with E-state index in [1.165, 1.54) is 35.6 Å². The maximum absolute atomic E-state index is 4.31. The minimum absolute atomic E-state index is 0.449. The average molecular weight is 254 g/mol. The second-order valence-electron chi connectivity index (χ2n) is 5.78. The van der Waals surface area contributed by atoms with E-state index in [2.05, 4.69) is 48.5 Å². The molecule has 3 unspecified atom stereocenters. The molecule has 0 saturated heterocycles. The third kappa shape index (κ3) is 2.25. The van der Waals surface area contributed by atoms with Crippen molar-refractivity contribution in [1.82, 2.24) is 10.3 Å². The minimum Gasteiger partial charge on any atom is -0.313 e. The monoisotopic (exact) mass is 254 g/mol. The molecule has 1 N–H and O–H groups in total. The zero-order chi connectivity index (χ0) is 13.2. The van der Waals surface area contributed by atoms with Crippen LogP contribution in [0.1, 0.15) is 37.8 Å². The summed E-state index contributed by atoms with van der Waals surface area (Å²) in [7, 11) is 2.09. The third-order valence-corrected chi connectivity index (χ3v) is 4.72. The van der Waals surface area contributed by atoms with Gasteiger partial charge < -0.3 is 5.32 Å². The van der Waals surface area contributed by atoms with Crippen molar-refractivity contribution in [3.63, 3.8) is 0 Å². The molecule has 0 amide bonds. The van der Waals surface area contributed by atoms with Crippen LogP contribution in [-0.2, 0) is 0 Å². The maximum atomic E-state index is 4.31. The van der Waals surface area contributed by atoms with Crippen molar-refractivity contribution in [2.24, 2.45) is 11.8 Å². The normalized spacial score (nSPS) is 24.7. The summed E-state index contributed by atoms with van der Waals surface area (Å²) in [5.74, 6) is 1.56. The van der Waals surface area contributed by atoms with Crippen molar-refractivity contribution in [1.29, 1.82) is 0 Å². The van der Waals surface area contributed by atoms with Gasteiger partial charge in [0.05, 0.1) is 0 Å². The van der Waals surface area contributed by atoms with E-state index in [9.17, 15) is 0 Å². The fourth-order valence-electron chi connectivity index (χ4n) is 3.68. The lowest BCUT2D eigenvalue weighted by Gasteiger charge is -2.28. The molecule has 2 heteroatoms. The average Bonchev–Trinajstić information content (AvgIpc) is 2.86. The summed E-state index contributed by atoms with van der Waals surface area (Å²) in [6.45, 7) is 2.39. The summed E-state index contributed by atoms with van der Waals surface area (Å²) in [6.07, 6.45) is 7.95. The number of hydrogen-bond donors (Lipinski definition) is 1. The van der Waals surface area contributed by atoms with Gasteiger partial charge in [0, 0.05) is 23.8 Å². The molecule has 0 aliphatic heterocycles. The quantitative estimate of drug-likeness (QED) is 0.897. The summed E-state index contributed by atoms with van der Waals surface area (Å²) >= 11 is 0. The van der Waals surface area contributed by atoms with Gasteiger partial charge in [-0.3, -0.25) is 4.98 Å². The van der Waals surface area contributed by atoms with Crippen LogP contribution in [0.4, 0.5) is 0 Å². The number of hydrogen-bond acceptors (Lipinski definition) is 2. The highest BCUT2D eigenvalue weighted by molar-refractivity contribution is 5.85. The Morgan fingerprint density at radius 3 is 2.89 bits per heavy atom. The van der Waals surface area contributed by atoms with Crippen LogP contribution in [0, 0.1) is 11.8 Å². The number of pyridine rings is 1. The van der Waals surface area contributed by atoms with Gasteiger partial charge in [0.25, 0.3) is 0 Å². The van der Waals surface area contributed by atoms with Crippen molar-refractivity contribution in [2.45, 2.75) is 32.2 Å². The standard InChI is InChI=1S/C17H22N2/c1-12-5-3-7-14(12)17(18-2)15-8-4-6-13-9-10-19-11-16(13)15/h4,6,8-12,14,17-18H,3,5,7H2,1-2H3. The molecule has 19 heavy (non-hydrogen) atoms. The Morgan fingerprint density at radius 2 is 2.16 bits per heavy atom. The zero-order valence-corrected chi connectivity index (χ0v) is 11.8. The molecule has 0 bridgehead atoms.